The Balaban J connectivity index is 1.70. The Morgan fingerprint density at radius 2 is 1.85 bits per heavy atom. The van der Waals surface area contributed by atoms with Gasteiger partial charge in [0, 0.05) is 17.7 Å². The molecule has 1 aliphatic carbocycles. The molecule has 1 aromatic carbocycles. The number of amides is 1. The monoisotopic (exact) mass is 368 g/mol. The molecule has 27 heavy (non-hydrogen) atoms. The number of nitrogens with zero attached hydrogens (tertiary/aromatic N) is 1. The maximum absolute atomic E-state index is 13.0. The summed E-state index contributed by atoms with van der Waals surface area (Å²) in [7, 11) is 0. The highest BCUT2D eigenvalue weighted by molar-refractivity contribution is 5.97. The normalized spacial score (nSPS) is 30.1. The van der Waals surface area contributed by atoms with Crippen LogP contribution in [0.15, 0.2) is 41.5 Å². The van der Waals surface area contributed by atoms with E-state index in [1.165, 1.54) is 30.4 Å². The molecule has 0 radical (unpaired) electrons. The van der Waals surface area contributed by atoms with Gasteiger partial charge in [0.25, 0.3) is 5.91 Å². The van der Waals surface area contributed by atoms with Gasteiger partial charge in [-0.2, -0.15) is 0 Å². The molecule has 3 rings (SSSR count). The zero-order valence-corrected chi connectivity index (χ0v) is 17.7. The van der Waals surface area contributed by atoms with Gasteiger partial charge in [0.05, 0.1) is 0 Å². The Bertz CT molecular complexity index is 681. The van der Waals surface area contributed by atoms with Crippen LogP contribution in [0.25, 0.3) is 0 Å². The van der Waals surface area contributed by atoms with Crippen LogP contribution in [-0.4, -0.2) is 29.1 Å². The zero-order valence-electron chi connectivity index (χ0n) is 17.7. The Kier molecular flexibility index (Phi) is 6.41. The molecule has 1 aromatic rings. The molecule has 1 amide bonds. The maximum Gasteiger partial charge on any atom is 0.251 e. The summed E-state index contributed by atoms with van der Waals surface area (Å²) in [5.41, 5.74) is 3.48. The van der Waals surface area contributed by atoms with Gasteiger partial charge in [0.2, 0.25) is 0 Å². The van der Waals surface area contributed by atoms with E-state index in [2.05, 4.69) is 68.2 Å². The summed E-state index contributed by atoms with van der Waals surface area (Å²) in [6.45, 7) is 11.1. The second kappa shape index (κ2) is 8.60. The smallest absolute Gasteiger partial charge is 0.251 e. The van der Waals surface area contributed by atoms with Crippen LogP contribution in [0.5, 0.6) is 0 Å². The van der Waals surface area contributed by atoms with Gasteiger partial charge in [-0.05, 0) is 63.0 Å². The fourth-order valence-electron chi connectivity index (χ4n) is 4.73. The topological polar surface area (TPSA) is 32.3 Å². The third-order valence-corrected chi connectivity index (χ3v) is 7.08. The number of hydrogen-bond acceptors (Lipinski definition) is 2. The lowest BCUT2D eigenvalue weighted by molar-refractivity contribution is -0.130. The SMILES string of the molecule is CC1=C(C)[C@H](N[C@@H]2CCC[C@H](C)[C@@H]2C)N([C@H](C)CCc2ccccc2)C1=O. The number of rotatable bonds is 6. The van der Waals surface area contributed by atoms with E-state index in [0.717, 1.165) is 24.3 Å². The minimum Gasteiger partial charge on any atom is -0.317 e. The van der Waals surface area contributed by atoms with Crippen molar-refractivity contribution in [2.75, 3.05) is 0 Å². The highest BCUT2D eigenvalue weighted by atomic mass is 16.2. The molecule has 1 heterocycles. The Morgan fingerprint density at radius 3 is 2.56 bits per heavy atom. The summed E-state index contributed by atoms with van der Waals surface area (Å²) < 4.78 is 0. The van der Waals surface area contributed by atoms with Gasteiger partial charge >= 0.3 is 0 Å². The molecule has 3 heteroatoms. The van der Waals surface area contributed by atoms with E-state index in [1.807, 2.05) is 6.92 Å². The first-order chi connectivity index (χ1) is 12.9. The third kappa shape index (κ3) is 4.29. The summed E-state index contributed by atoms with van der Waals surface area (Å²) in [6.07, 6.45) is 5.89. The van der Waals surface area contributed by atoms with Crippen molar-refractivity contribution in [2.45, 2.75) is 85.0 Å². The van der Waals surface area contributed by atoms with E-state index >= 15 is 0 Å². The van der Waals surface area contributed by atoms with Gasteiger partial charge in [0.1, 0.15) is 6.17 Å². The van der Waals surface area contributed by atoms with Gasteiger partial charge in [0.15, 0.2) is 0 Å². The largest absolute Gasteiger partial charge is 0.317 e. The summed E-state index contributed by atoms with van der Waals surface area (Å²) in [6, 6.07) is 11.3. The van der Waals surface area contributed by atoms with Crippen LogP contribution in [0, 0.1) is 11.8 Å². The molecule has 148 valence electrons. The maximum atomic E-state index is 13.0. The molecule has 0 aromatic heterocycles. The summed E-state index contributed by atoms with van der Waals surface area (Å²) >= 11 is 0. The average molecular weight is 369 g/mol. The van der Waals surface area contributed by atoms with Crippen molar-refractivity contribution >= 4 is 5.91 Å². The molecule has 0 saturated heterocycles. The minimum atomic E-state index is 0.0565. The number of carbonyl (C=O) groups is 1. The van der Waals surface area contributed by atoms with Crippen molar-refractivity contribution in [3.8, 4) is 0 Å². The van der Waals surface area contributed by atoms with Gasteiger partial charge < -0.3 is 4.90 Å². The molecule has 0 unspecified atom stereocenters. The second-order valence-electron chi connectivity index (χ2n) is 8.84. The summed E-state index contributed by atoms with van der Waals surface area (Å²) in [5.74, 6) is 1.62. The predicted octanol–water partition coefficient (Wildman–Crippen LogP) is 4.93. The molecule has 0 bridgehead atoms. The lowest BCUT2D eigenvalue weighted by atomic mass is 9.78. The Labute approximate surface area is 165 Å². The molecule has 1 aliphatic heterocycles. The highest BCUT2D eigenvalue weighted by Gasteiger charge is 2.40. The third-order valence-electron chi connectivity index (χ3n) is 7.08. The summed E-state index contributed by atoms with van der Waals surface area (Å²) in [4.78, 5) is 15.1. The molecule has 0 spiro atoms. The molecule has 1 fully saturated rings. The van der Waals surface area contributed by atoms with E-state index in [0.29, 0.717) is 12.0 Å². The van der Waals surface area contributed by atoms with Gasteiger partial charge in [-0.3, -0.25) is 10.1 Å². The van der Waals surface area contributed by atoms with E-state index < -0.39 is 0 Å². The van der Waals surface area contributed by atoms with Crippen LogP contribution in [-0.2, 0) is 11.2 Å². The van der Waals surface area contributed by atoms with Crippen molar-refractivity contribution in [2.24, 2.45) is 11.8 Å². The molecule has 1 N–H and O–H groups in total. The van der Waals surface area contributed by atoms with Crippen molar-refractivity contribution < 1.29 is 4.79 Å². The lowest BCUT2D eigenvalue weighted by Crippen LogP contribution is -2.55. The van der Waals surface area contributed by atoms with Crippen molar-refractivity contribution in [1.29, 1.82) is 0 Å². The fraction of sp³-hybridized carbons (Fsp3) is 0.625. The number of benzene rings is 1. The van der Waals surface area contributed by atoms with Crippen molar-refractivity contribution in [3.63, 3.8) is 0 Å². The minimum absolute atomic E-state index is 0.0565. The van der Waals surface area contributed by atoms with Crippen LogP contribution in [0.4, 0.5) is 0 Å². The fourth-order valence-corrected chi connectivity index (χ4v) is 4.73. The number of aryl methyl sites for hydroxylation is 1. The first-order valence-corrected chi connectivity index (χ1v) is 10.7. The summed E-state index contributed by atoms with van der Waals surface area (Å²) in [5, 5.41) is 3.88. The first kappa shape index (κ1) is 20.1. The standard InChI is InChI=1S/C24H36N2O/c1-16-10-9-13-22(18(16)3)25-23-19(4)20(5)24(27)26(23)17(2)14-15-21-11-7-6-8-12-21/h6-8,11-12,16-18,22-23,25H,9-10,13-15H2,1-5H3/t16-,17+,18-,22+,23+/m0/s1. The molecule has 2 aliphatic rings. The number of hydrogen-bond donors (Lipinski definition) is 1. The van der Waals surface area contributed by atoms with E-state index in [1.54, 1.807) is 0 Å². The van der Waals surface area contributed by atoms with E-state index in [4.69, 9.17) is 0 Å². The van der Waals surface area contributed by atoms with Crippen LogP contribution >= 0.6 is 0 Å². The average Bonchev–Trinajstić information content (AvgIpc) is 2.88. The lowest BCUT2D eigenvalue weighted by Gasteiger charge is -2.40. The first-order valence-electron chi connectivity index (χ1n) is 10.7. The van der Waals surface area contributed by atoms with Crippen molar-refractivity contribution in [3.05, 3.63) is 47.0 Å². The van der Waals surface area contributed by atoms with Gasteiger partial charge in [-0.1, -0.05) is 57.0 Å². The molecule has 3 nitrogen and oxygen atoms in total. The molecule has 1 saturated carbocycles. The van der Waals surface area contributed by atoms with Gasteiger partial charge in [-0.25, -0.2) is 0 Å². The molecular weight excluding hydrogens is 332 g/mol. The Morgan fingerprint density at radius 1 is 1.15 bits per heavy atom. The number of carbonyl (C=O) groups excluding carboxylic acids is 1. The van der Waals surface area contributed by atoms with E-state index in [9.17, 15) is 4.79 Å². The van der Waals surface area contributed by atoms with Crippen LogP contribution in [0.2, 0.25) is 0 Å². The number of nitrogens with one attached hydrogen (secondary N) is 1. The van der Waals surface area contributed by atoms with Crippen LogP contribution in [0.1, 0.15) is 65.9 Å². The van der Waals surface area contributed by atoms with Gasteiger partial charge in [-0.15, -0.1) is 0 Å². The predicted molar refractivity (Wildman–Crippen MR) is 112 cm³/mol. The molecule has 5 atom stereocenters. The highest BCUT2D eigenvalue weighted by Crippen LogP contribution is 2.33. The van der Waals surface area contributed by atoms with Crippen LogP contribution < -0.4 is 5.32 Å². The van der Waals surface area contributed by atoms with Crippen LogP contribution in [0.3, 0.4) is 0 Å². The molecular formula is C24H36N2O. The quantitative estimate of drug-likeness (QED) is 0.772. The van der Waals surface area contributed by atoms with E-state index in [-0.39, 0.29) is 18.1 Å². The zero-order chi connectivity index (χ0) is 19.6. The van der Waals surface area contributed by atoms with Crippen molar-refractivity contribution in [1.82, 2.24) is 10.2 Å². The Hall–Kier alpha value is -1.61. The second-order valence-corrected chi connectivity index (χ2v) is 8.84.